The maximum Gasteiger partial charge on any atom is 0.416 e. The number of hydrogen-bond acceptors (Lipinski definition) is 2. The number of benzene rings is 1. The smallest absolute Gasteiger partial charge is 0.393 e. The van der Waals surface area contributed by atoms with Crippen LogP contribution in [0.2, 0.25) is 0 Å². The molecule has 2 rings (SSSR count). The van der Waals surface area contributed by atoms with Gasteiger partial charge in [0.05, 0.1) is 11.7 Å². The number of hydrogen-bond donors (Lipinski definition) is 2. The highest BCUT2D eigenvalue weighted by atomic mass is 19.4. The van der Waals surface area contributed by atoms with E-state index in [9.17, 15) is 23.1 Å². The van der Waals surface area contributed by atoms with Crippen molar-refractivity contribution in [3.63, 3.8) is 0 Å². The van der Waals surface area contributed by atoms with Gasteiger partial charge in [0.2, 0.25) is 5.91 Å². The Kier molecular flexibility index (Phi) is 4.80. The summed E-state index contributed by atoms with van der Waals surface area (Å²) in [5, 5.41) is 9.60. The number of halogens is 3. The predicted octanol–water partition coefficient (Wildman–Crippen LogP) is 3.46. The number of nitrogens with two attached hydrogens (primary N) is 1. The fourth-order valence-corrected chi connectivity index (χ4v) is 3.21. The van der Waals surface area contributed by atoms with Gasteiger partial charge < -0.3 is 10.8 Å². The number of carbonyl (C=O) groups is 1. The molecule has 122 valence electrons. The van der Waals surface area contributed by atoms with Gasteiger partial charge in [-0.1, -0.05) is 6.07 Å². The molecule has 1 aromatic carbocycles. The van der Waals surface area contributed by atoms with Gasteiger partial charge >= 0.3 is 6.18 Å². The average molecular weight is 315 g/mol. The van der Waals surface area contributed by atoms with Crippen LogP contribution in [0, 0.1) is 5.92 Å². The Morgan fingerprint density at radius 3 is 2.32 bits per heavy atom. The topological polar surface area (TPSA) is 63.3 Å². The Morgan fingerprint density at radius 2 is 1.86 bits per heavy atom. The minimum atomic E-state index is -4.49. The third kappa shape index (κ3) is 3.61. The van der Waals surface area contributed by atoms with Gasteiger partial charge in [0.15, 0.2) is 0 Å². The molecule has 3 nitrogen and oxygen atoms in total. The molecule has 1 amide bonds. The predicted molar refractivity (Wildman–Crippen MR) is 76.3 cm³/mol. The van der Waals surface area contributed by atoms with Crippen LogP contribution in [0.15, 0.2) is 18.2 Å². The molecule has 0 radical (unpaired) electrons. The van der Waals surface area contributed by atoms with Gasteiger partial charge in [-0.25, -0.2) is 0 Å². The maximum absolute atomic E-state index is 12.8. The van der Waals surface area contributed by atoms with Gasteiger partial charge in [0.25, 0.3) is 0 Å². The number of amides is 1. The number of aliphatic hydroxyl groups is 1. The highest BCUT2D eigenvalue weighted by Gasteiger charge is 2.33. The number of alkyl halides is 3. The first kappa shape index (κ1) is 16.8. The zero-order valence-electron chi connectivity index (χ0n) is 12.4. The Bertz CT molecular complexity index is 547. The Balaban J connectivity index is 2.26. The Morgan fingerprint density at radius 1 is 1.27 bits per heavy atom. The van der Waals surface area contributed by atoms with Crippen molar-refractivity contribution in [3.05, 3.63) is 34.9 Å². The number of rotatable bonds is 3. The highest BCUT2D eigenvalue weighted by Crippen LogP contribution is 2.39. The number of aliphatic hydroxyl groups excluding tert-OH is 1. The van der Waals surface area contributed by atoms with Crippen molar-refractivity contribution in [2.24, 2.45) is 11.7 Å². The lowest BCUT2D eigenvalue weighted by Crippen LogP contribution is -2.24. The normalized spacial score (nSPS) is 24.0. The second kappa shape index (κ2) is 6.28. The van der Waals surface area contributed by atoms with E-state index >= 15 is 0 Å². The number of primary amides is 1. The van der Waals surface area contributed by atoms with E-state index in [1.54, 1.807) is 6.92 Å². The molecule has 1 saturated carbocycles. The third-order valence-electron chi connectivity index (χ3n) is 4.54. The van der Waals surface area contributed by atoms with Crippen LogP contribution < -0.4 is 5.73 Å². The molecule has 1 fully saturated rings. The van der Waals surface area contributed by atoms with Crippen molar-refractivity contribution in [1.29, 1.82) is 0 Å². The lowest BCUT2D eigenvalue weighted by atomic mass is 9.75. The van der Waals surface area contributed by atoms with Crippen LogP contribution in [0.5, 0.6) is 0 Å². The largest absolute Gasteiger partial charge is 0.416 e. The molecule has 22 heavy (non-hydrogen) atoms. The van der Waals surface area contributed by atoms with E-state index in [0.717, 1.165) is 37.8 Å². The summed E-state index contributed by atoms with van der Waals surface area (Å²) in [4.78, 5) is 11.5. The standard InChI is InChI=1S/C16H20F3NO2/c1-9(21)10-2-4-11(5-3-10)13-7-6-12(16(17,18)19)8-14(13)15(20)22/h6-11,21H,2-5H2,1H3,(H2,20,22)/t9-,10?,11?/m0/s1. The monoisotopic (exact) mass is 315 g/mol. The van der Waals surface area contributed by atoms with E-state index in [0.29, 0.717) is 5.56 Å². The summed E-state index contributed by atoms with van der Waals surface area (Å²) in [6.45, 7) is 1.75. The van der Waals surface area contributed by atoms with Crippen molar-refractivity contribution < 1.29 is 23.1 Å². The van der Waals surface area contributed by atoms with Crippen molar-refractivity contribution in [3.8, 4) is 0 Å². The molecule has 3 N–H and O–H groups in total. The van der Waals surface area contributed by atoms with Crippen LogP contribution >= 0.6 is 0 Å². The molecule has 0 bridgehead atoms. The van der Waals surface area contributed by atoms with Crippen LogP contribution in [-0.4, -0.2) is 17.1 Å². The summed E-state index contributed by atoms with van der Waals surface area (Å²) >= 11 is 0. The molecule has 1 atom stereocenters. The molecular weight excluding hydrogens is 295 g/mol. The summed E-state index contributed by atoms with van der Waals surface area (Å²) in [7, 11) is 0. The summed E-state index contributed by atoms with van der Waals surface area (Å²) in [6.07, 6.45) is -1.82. The van der Waals surface area contributed by atoms with Crippen molar-refractivity contribution in [2.75, 3.05) is 0 Å². The SMILES string of the molecule is C[C@H](O)C1CCC(c2ccc(C(F)(F)F)cc2C(N)=O)CC1. The molecular formula is C16H20F3NO2. The number of carbonyl (C=O) groups excluding carboxylic acids is 1. The van der Waals surface area contributed by atoms with Crippen LogP contribution in [0.25, 0.3) is 0 Å². The Labute approximate surface area is 127 Å². The van der Waals surface area contributed by atoms with Crippen molar-refractivity contribution in [1.82, 2.24) is 0 Å². The summed E-state index contributed by atoms with van der Waals surface area (Å²) in [5.41, 5.74) is 4.95. The summed E-state index contributed by atoms with van der Waals surface area (Å²) in [6, 6.07) is 3.22. The van der Waals surface area contributed by atoms with E-state index in [-0.39, 0.29) is 23.5 Å². The zero-order chi connectivity index (χ0) is 16.5. The fourth-order valence-electron chi connectivity index (χ4n) is 3.21. The molecule has 0 saturated heterocycles. The molecule has 1 aliphatic rings. The zero-order valence-corrected chi connectivity index (χ0v) is 12.4. The summed E-state index contributed by atoms with van der Waals surface area (Å²) in [5.74, 6) is -0.610. The van der Waals surface area contributed by atoms with Gasteiger partial charge in [-0.05, 0) is 62.1 Å². The lowest BCUT2D eigenvalue weighted by molar-refractivity contribution is -0.137. The van der Waals surface area contributed by atoms with Gasteiger partial charge in [-0.3, -0.25) is 4.79 Å². The van der Waals surface area contributed by atoms with E-state index in [4.69, 9.17) is 5.73 Å². The van der Waals surface area contributed by atoms with Crippen LogP contribution in [0.3, 0.4) is 0 Å². The van der Waals surface area contributed by atoms with Crippen LogP contribution in [0.4, 0.5) is 13.2 Å². The van der Waals surface area contributed by atoms with Gasteiger partial charge in [-0.2, -0.15) is 13.2 Å². The highest BCUT2D eigenvalue weighted by molar-refractivity contribution is 5.94. The second-order valence-electron chi connectivity index (χ2n) is 6.02. The van der Waals surface area contributed by atoms with E-state index in [2.05, 4.69) is 0 Å². The minimum absolute atomic E-state index is 0.0137. The third-order valence-corrected chi connectivity index (χ3v) is 4.54. The van der Waals surface area contributed by atoms with Gasteiger partial charge in [-0.15, -0.1) is 0 Å². The van der Waals surface area contributed by atoms with Crippen molar-refractivity contribution in [2.45, 2.75) is 50.8 Å². The molecule has 1 aliphatic carbocycles. The molecule has 1 aromatic rings. The first-order valence-corrected chi connectivity index (χ1v) is 7.39. The van der Waals surface area contributed by atoms with E-state index < -0.39 is 17.6 Å². The molecule has 6 heteroatoms. The molecule has 0 aliphatic heterocycles. The maximum atomic E-state index is 12.8. The van der Waals surface area contributed by atoms with Gasteiger partial charge in [0.1, 0.15) is 0 Å². The van der Waals surface area contributed by atoms with Crippen LogP contribution in [0.1, 0.15) is 60.0 Å². The molecule has 0 aromatic heterocycles. The minimum Gasteiger partial charge on any atom is -0.393 e. The first-order chi connectivity index (χ1) is 10.2. The molecule has 0 unspecified atom stereocenters. The van der Waals surface area contributed by atoms with E-state index in [1.807, 2.05) is 0 Å². The average Bonchev–Trinajstić information content (AvgIpc) is 2.45. The molecule has 0 spiro atoms. The van der Waals surface area contributed by atoms with Crippen molar-refractivity contribution >= 4 is 5.91 Å². The van der Waals surface area contributed by atoms with Crippen LogP contribution in [-0.2, 0) is 6.18 Å². The van der Waals surface area contributed by atoms with Gasteiger partial charge in [0, 0.05) is 5.56 Å². The first-order valence-electron chi connectivity index (χ1n) is 7.39. The Hall–Kier alpha value is -1.56. The second-order valence-corrected chi connectivity index (χ2v) is 6.02. The van der Waals surface area contributed by atoms with E-state index in [1.165, 1.54) is 6.07 Å². The quantitative estimate of drug-likeness (QED) is 0.897. The fraction of sp³-hybridized carbons (Fsp3) is 0.562. The molecule has 0 heterocycles. The summed E-state index contributed by atoms with van der Waals surface area (Å²) < 4.78 is 38.3. The lowest BCUT2D eigenvalue weighted by Gasteiger charge is -2.31.